The molecule has 98 valence electrons. The molecule has 6 nitrogen and oxygen atoms in total. The highest BCUT2D eigenvalue weighted by Crippen LogP contribution is 2.25. The first-order chi connectivity index (χ1) is 8.72. The van der Waals surface area contributed by atoms with Crippen LogP contribution in [0.4, 0.5) is 17.6 Å². The van der Waals surface area contributed by atoms with Crippen molar-refractivity contribution >= 4 is 17.6 Å². The van der Waals surface area contributed by atoms with Crippen molar-refractivity contribution in [2.24, 2.45) is 5.73 Å². The van der Waals surface area contributed by atoms with Gasteiger partial charge in [-0.3, -0.25) is 0 Å². The zero-order chi connectivity index (χ0) is 12.5. The average Bonchev–Trinajstić information content (AvgIpc) is 2.98. The van der Waals surface area contributed by atoms with Crippen molar-refractivity contribution in [3.63, 3.8) is 0 Å². The number of nitrogens with two attached hydrogens (primary N) is 2. The van der Waals surface area contributed by atoms with Gasteiger partial charge in [-0.2, -0.15) is 9.97 Å². The van der Waals surface area contributed by atoms with Crippen LogP contribution < -0.4 is 21.3 Å². The Morgan fingerprint density at radius 1 is 1.06 bits per heavy atom. The molecule has 0 aliphatic carbocycles. The van der Waals surface area contributed by atoms with Gasteiger partial charge in [0.25, 0.3) is 0 Å². The van der Waals surface area contributed by atoms with E-state index >= 15 is 0 Å². The molecule has 3 rings (SSSR count). The summed E-state index contributed by atoms with van der Waals surface area (Å²) in [6.07, 6.45) is 3.48. The Morgan fingerprint density at radius 3 is 2.33 bits per heavy atom. The highest BCUT2D eigenvalue weighted by Gasteiger charge is 2.22. The third-order valence-electron chi connectivity index (χ3n) is 3.70. The van der Waals surface area contributed by atoms with Gasteiger partial charge in [0, 0.05) is 38.3 Å². The fourth-order valence-corrected chi connectivity index (χ4v) is 2.71. The van der Waals surface area contributed by atoms with Crippen LogP contribution in [0.5, 0.6) is 0 Å². The monoisotopic (exact) mass is 248 g/mol. The molecule has 0 unspecified atom stereocenters. The highest BCUT2D eigenvalue weighted by atomic mass is 15.3. The number of nitrogens with zero attached hydrogens (tertiary/aromatic N) is 4. The molecule has 0 saturated carbocycles. The molecular formula is C12H20N6. The summed E-state index contributed by atoms with van der Waals surface area (Å²) in [5.41, 5.74) is 11.8. The molecule has 4 N–H and O–H groups in total. The number of hydrogen-bond donors (Lipinski definition) is 2. The molecule has 2 aliphatic heterocycles. The molecule has 2 fully saturated rings. The minimum Gasteiger partial charge on any atom is -0.368 e. The summed E-state index contributed by atoms with van der Waals surface area (Å²) in [5, 5.41) is 0. The van der Waals surface area contributed by atoms with E-state index in [0.717, 1.165) is 44.2 Å². The summed E-state index contributed by atoms with van der Waals surface area (Å²) >= 11 is 0. The van der Waals surface area contributed by atoms with Gasteiger partial charge in [0.05, 0.1) is 0 Å². The minimum absolute atomic E-state index is 0.247. The Morgan fingerprint density at radius 2 is 1.72 bits per heavy atom. The number of anilines is 3. The van der Waals surface area contributed by atoms with Gasteiger partial charge in [0.15, 0.2) is 0 Å². The zero-order valence-electron chi connectivity index (χ0n) is 10.5. The summed E-state index contributed by atoms with van der Waals surface area (Å²) < 4.78 is 0. The number of nitrogen functional groups attached to an aromatic ring is 1. The van der Waals surface area contributed by atoms with Crippen LogP contribution in [0.2, 0.25) is 0 Å². The smallest absolute Gasteiger partial charge is 0.223 e. The van der Waals surface area contributed by atoms with Crippen molar-refractivity contribution in [1.82, 2.24) is 9.97 Å². The number of aromatic nitrogens is 2. The Hall–Kier alpha value is -1.56. The fraction of sp³-hybridized carbons (Fsp3) is 0.667. The lowest BCUT2D eigenvalue weighted by molar-refractivity contribution is 0.751. The summed E-state index contributed by atoms with van der Waals surface area (Å²) in [6, 6.07) is 2.29. The van der Waals surface area contributed by atoms with E-state index in [1.165, 1.54) is 12.8 Å². The van der Waals surface area contributed by atoms with Crippen molar-refractivity contribution in [2.75, 3.05) is 41.7 Å². The van der Waals surface area contributed by atoms with Crippen molar-refractivity contribution in [2.45, 2.75) is 25.3 Å². The van der Waals surface area contributed by atoms with E-state index in [-0.39, 0.29) is 6.04 Å². The van der Waals surface area contributed by atoms with E-state index < -0.39 is 0 Å². The SMILES string of the molecule is Nc1nc(N2CCCC2)cc(N2CC[C@@H](N)C2)n1. The Labute approximate surface area is 107 Å². The first-order valence-electron chi connectivity index (χ1n) is 6.62. The van der Waals surface area contributed by atoms with Crippen LogP contribution in [0.25, 0.3) is 0 Å². The quantitative estimate of drug-likeness (QED) is 0.777. The Bertz CT molecular complexity index is 429. The molecule has 0 spiro atoms. The van der Waals surface area contributed by atoms with Crippen LogP contribution in [-0.2, 0) is 0 Å². The molecule has 6 heteroatoms. The second kappa shape index (κ2) is 4.61. The molecule has 1 aromatic heterocycles. The maximum atomic E-state index is 5.93. The molecule has 1 aromatic rings. The maximum Gasteiger partial charge on any atom is 0.223 e. The van der Waals surface area contributed by atoms with Crippen LogP contribution in [0.1, 0.15) is 19.3 Å². The molecule has 0 bridgehead atoms. The van der Waals surface area contributed by atoms with Gasteiger partial charge < -0.3 is 21.3 Å². The molecule has 18 heavy (non-hydrogen) atoms. The topological polar surface area (TPSA) is 84.3 Å². The minimum atomic E-state index is 0.247. The molecule has 0 amide bonds. The van der Waals surface area contributed by atoms with Gasteiger partial charge in [-0.05, 0) is 19.3 Å². The van der Waals surface area contributed by atoms with Crippen molar-refractivity contribution in [1.29, 1.82) is 0 Å². The summed E-state index contributed by atoms with van der Waals surface area (Å²) in [5.74, 6) is 2.22. The highest BCUT2D eigenvalue weighted by molar-refractivity contribution is 5.55. The van der Waals surface area contributed by atoms with Crippen LogP contribution in [0, 0.1) is 0 Å². The van der Waals surface area contributed by atoms with Gasteiger partial charge in [0.1, 0.15) is 11.6 Å². The summed E-state index contributed by atoms with van der Waals surface area (Å²) in [6.45, 7) is 3.94. The van der Waals surface area contributed by atoms with Crippen LogP contribution >= 0.6 is 0 Å². The first kappa shape index (κ1) is 11.5. The lowest BCUT2D eigenvalue weighted by Crippen LogP contribution is -2.28. The van der Waals surface area contributed by atoms with Gasteiger partial charge in [-0.1, -0.05) is 0 Å². The van der Waals surface area contributed by atoms with E-state index in [1.54, 1.807) is 0 Å². The lowest BCUT2D eigenvalue weighted by Gasteiger charge is -2.21. The number of rotatable bonds is 2. The van der Waals surface area contributed by atoms with E-state index in [9.17, 15) is 0 Å². The van der Waals surface area contributed by atoms with Crippen molar-refractivity contribution in [3.8, 4) is 0 Å². The third kappa shape index (κ3) is 2.20. The van der Waals surface area contributed by atoms with E-state index in [0.29, 0.717) is 5.95 Å². The number of hydrogen-bond acceptors (Lipinski definition) is 6. The Balaban J connectivity index is 1.85. The van der Waals surface area contributed by atoms with E-state index in [1.807, 2.05) is 6.07 Å². The van der Waals surface area contributed by atoms with Crippen molar-refractivity contribution < 1.29 is 0 Å². The second-order valence-corrected chi connectivity index (χ2v) is 5.13. The molecule has 2 aliphatic rings. The lowest BCUT2D eigenvalue weighted by atomic mass is 10.3. The molecular weight excluding hydrogens is 228 g/mol. The second-order valence-electron chi connectivity index (χ2n) is 5.13. The van der Waals surface area contributed by atoms with E-state index in [2.05, 4.69) is 19.8 Å². The maximum absolute atomic E-state index is 5.93. The van der Waals surface area contributed by atoms with Gasteiger partial charge in [0.2, 0.25) is 5.95 Å². The summed E-state index contributed by atoms with van der Waals surface area (Å²) in [7, 11) is 0. The van der Waals surface area contributed by atoms with Crippen molar-refractivity contribution in [3.05, 3.63) is 6.07 Å². The predicted octanol–water partition coefficient (Wildman–Crippen LogP) is 0.196. The average molecular weight is 248 g/mol. The molecule has 0 aromatic carbocycles. The summed E-state index contributed by atoms with van der Waals surface area (Å²) in [4.78, 5) is 13.1. The van der Waals surface area contributed by atoms with Gasteiger partial charge in [-0.25, -0.2) is 0 Å². The predicted molar refractivity (Wildman–Crippen MR) is 72.7 cm³/mol. The van der Waals surface area contributed by atoms with Gasteiger partial charge in [-0.15, -0.1) is 0 Å². The van der Waals surface area contributed by atoms with Gasteiger partial charge >= 0.3 is 0 Å². The normalized spacial score (nSPS) is 23.9. The molecule has 2 saturated heterocycles. The zero-order valence-corrected chi connectivity index (χ0v) is 10.5. The van der Waals surface area contributed by atoms with Crippen LogP contribution in [0.3, 0.4) is 0 Å². The Kier molecular flexibility index (Phi) is 2.95. The fourth-order valence-electron chi connectivity index (χ4n) is 2.71. The largest absolute Gasteiger partial charge is 0.368 e. The standard InChI is InChI=1S/C12H20N6/c13-9-3-6-18(8-9)11-7-10(15-12(14)16-11)17-4-1-2-5-17/h7,9H,1-6,8,13H2,(H2,14,15,16)/t9-/m1/s1. The molecule has 1 atom stereocenters. The van der Waals surface area contributed by atoms with Crippen LogP contribution in [0.15, 0.2) is 6.07 Å². The third-order valence-corrected chi connectivity index (χ3v) is 3.70. The molecule has 3 heterocycles. The van der Waals surface area contributed by atoms with E-state index in [4.69, 9.17) is 11.5 Å². The first-order valence-corrected chi connectivity index (χ1v) is 6.62. The molecule has 0 radical (unpaired) electrons. The van der Waals surface area contributed by atoms with Crippen LogP contribution in [-0.4, -0.2) is 42.2 Å².